The lowest BCUT2D eigenvalue weighted by Crippen LogP contribution is -2.56. The summed E-state index contributed by atoms with van der Waals surface area (Å²) in [5.41, 5.74) is 0. The van der Waals surface area contributed by atoms with Crippen molar-refractivity contribution in [3.8, 4) is 0 Å². The topological polar surface area (TPSA) is 293 Å². The number of hydrogen-bond acceptors (Lipinski definition) is 15. The number of carbonyl (C=O) groups excluding carboxylic acids is 3. The molecule has 1 aliphatic heterocycles. The molecule has 20 heteroatoms. The fourth-order valence-corrected chi connectivity index (χ4v) is 9.16. The van der Waals surface area contributed by atoms with Crippen LogP contribution in [-0.2, 0) is 46.6 Å². The monoisotopic (exact) mass is 968 g/mol. The second-order valence-electron chi connectivity index (χ2n) is 17.1. The summed E-state index contributed by atoms with van der Waals surface area (Å²) in [5.74, 6) is -5.27. The number of phosphoric acid groups is 2. The Bertz CT molecular complexity index is 1550. The lowest BCUT2D eigenvalue weighted by Gasteiger charge is -2.38. The Hall–Kier alpha value is -2.15. The van der Waals surface area contributed by atoms with Crippen molar-refractivity contribution in [2.24, 2.45) is 11.8 Å². The third kappa shape index (κ3) is 25.2. The van der Waals surface area contributed by atoms with Crippen molar-refractivity contribution in [3.05, 3.63) is 36.5 Å². The molecular weight excluding hydrogens is 890 g/mol. The summed E-state index contributed by atoms with van der Waals surface area (Å²) in [5, 5.41) is 56.4. The number of cyclic esters (lactones) is 1. The average Bonchev–Trinajstić information content (AvgIpc) is 3.25. The molecule has 11 atom stereocenters. The van der Waals surface area contributed by atoms with Crippen LogP contribution in [0.25, 0.3) is 0 Å². The van der Waals surface area contributed by atoms with Crippen LogP contribution in [-0.4, -0.2) is 120 Å². The minimum atomic E-state index is -5.75. The van der Waals surface area contributed by atoms with Crippen molar-refractivity contribution in [1.82, 2.24) is 0 Å². The lowest BCUT2D eigenvalue weighted by atomic mass is 9.87. The molecular formula is C45H78O18P2. The molecule has 1 heterocycles. The Kier molecular flexibility index (Phi) is 29.6. The van der Waals surface area contributed by atoms with Crippen LogP contribution in [0.2, 0.25) is 0 Å². The highest BCUT2D eigenvalue weighted by Gasteiger charge is 2.50. The fourth-order valence-electron chi connectivity index (χ4n) is 7.64. The third-order valence-corrected chi connectivity index (χ3v) is 13.0. The highest BCUT2D eigenvalue weighted by Crippen LogP contribution is 2.49. The van der Waals surface area contributed by atoms with E-state index < -0.39 is 107 Å². The first-order valence-electron chi connectivity index (χ1n) is 23.6. The van der Waals surface area contributed by atoms with Gasteiger partial charge in [0.05, 0.1) is 30.8 Å². The molecule has 1 unspecified atom stereocenters. The van der Waals surface area contributed by atoms with Crippen LogP contribution < -0.4 is 0 Å². The maximum atomic E-state index is 13.8. The standard InChI is InChI=1S/C45H78O18P2/c1-3-5-7-8-9-10-11-12-13-14-15-16-21-25-38(48)59-31-35-32-60-65(57,58)63-45-43(53)42(52)40(50)33(23-20-17-18-22-26-39(49)61-35)27-30-37(47)36(29-28-34(46)24-19-6-4-2)41(51)44(45)62-64(54,55)56/h17,20,27-30,33-36,40-46,50-53H,3-16,18-19,21-26,31-32H2,1-2H3,(H,57,58)(H2,54,55,56)/b20-17-,29-28+,30-27-/t33-,34-,35+,36-,40+,41+,42-,43+,44+,45-/m0/s1. The van der Waals surface area contributed by atoms with Gasteiger partial charge in [-0.05, 0) is 38.2 Å². The molecule has 0 aromatic rings. The number of rotatable bonds is 24. The van der Waals surface area contributed by atoms with Gasteiger partial charge in [-0.1, -0.05) is 141 Å². The van der Waals surface area contributed by atoms with Crippen LogP contribution in [0.15, 0.2) is 36.5 Å². The molecule has 0 amide bonds. The molecule has 8 N–H and O–H groups in total. The Morgan fingerprint density at radius 1 is 0.862 bits per heavy atom. The number of aliphatic hydroxyl groups is 5. The van der Waals surface area contributed by atoms with Gasteiger partial charge in [0.2, 0.25) is 0 Å². The molecule has 1 aliphatic carbocycles. The average molecular weight is 969 g/mol. The SMILES string of the molecule is CCCCCCCCCCCCCCCC(=O)OC[C@@H]1COP(=O)(O)O[C@H]2[C@H](O)[C@@H](O)[C@H](O)[C@H](/C=C\C(=O)[C@H](/C=C/[C@@H](O)CCCCC)[C@@H](O)[C@H]2OP(=O)(O)O)C/C=C\CCCC(=O)O1. The maximum absolute atomic E-state index is 13.8. The highest BCUT2D eigenvalue weighted by molar-refractivity contribution is 7.47. The number of phosphoric ester groups is 2. The van der Waals surface area contributed by atoms with E-state index >= 15 is 0 Å². The molecule has 2 rings (SSSR count). The summed E-state index contributed by atoms with van der Waals surface area (Å²) in [7, 11) is -11.4. The zero-order valence-electron chi connectivity index (χ0n) is 38.3. The van der Waals surface area contributed by atoms with Crippen molar-refractivity contribution < 1.29 is 86.8 Å². The van der Waals surface area contributed by atoms with Gasteiger partial charge in [0.1, 0.15) is 31.0 Å². The Morgan fingerprint density at radius 3 is 2.08 bits per heavy atom. The zero-order chi connectivity index (χ0) is 48.3. The van der Waals surface area contributed by atoms with Crippen LogP contribution in [0.5, 0.6) is 0 Å². The van der Waals surface area contributed by atoms with Gasteiger partial charge in [0.25, 0.3) is 0 Å². The van der Waals surface area contributed by atoms with Gasteiger partial charge in [0, 0.05) is 18.8 Å². The molecule has 376 valence electrons. The normalized spacial score (nSPS) is 30.6. The van der Waals surface area contributed by atoms with Gasteiger partial charge in [0.15, 0.2) is 11.9 Å². The Labute approximate surface area is 384 Å². The number of unbranched alkanes of at least 4 members (excludes halogenated alkanes) is 14. The van der Waals surface area contributed by atoms with E-state index in [4.69, 9.17) is 23.0 Å². The van der Waals surface area contributed by atoms with Gasteiger partial charge in [-0.3, -0.25) is 28.0 Å². The predicted molar refractivity (Wildman–Crippen MR) is 241 cm³/mol. The van der Waals surface area contributed by atoms with E-state index in [-0.39, 0.29) is 32.1 Å². The smallest absolute Gasteiger partial charge is 0.462 e. The van der Waals surface area contributed by atoms with E-state index in [0.29, 0.717) is 19.3 Å². The minimum absolute atomic E-state index is 0.0666. The van der Waals surface area contributed by atoms with Gasteiger partial charge >= 0.3 is 27.6 Å². The van der Waals surface area contributed by atoms with Gasteiger partial charge in [-0.25, -0.2) is 9.13 Å². The van der Waals surface area contributed by atoms with E-state index in [0.717, 1.165) is 50.7 Å². The molecule has 0 aromatic carbocycles. The first-order chi connectivity index (χ1) is 30.9. The molecule has 0 saturated carbocycles. The quantitative estimate of drug-likeness (QED) is 0.0226. The summed E-state index contributed by atoms with van der Waals surface area (Å²) >= 11 is 0. The van der Waals surface area contributed by atoms with Crippen molar-refractivity contribution in [2.45, 2.75) is 204 Å². The summed E-state index contributed by atoms with van der Waals surface area (Å²) in [6, 6.07) is 0. The molecule has 2 bridgehead atoms. The Balaban J connectivity index is 2.32. The largest absolute Gasteiger partial charge is 0.472 e. The number of ether oxygens (including phenoxy) is 2. The fraction of sp³-hybridized carbons (Fsp3) is 0.800. The Morgan fingerprint density at radius 2 is 1.46 bits per heavy atom. The molecule has 2 aliphatic rings. The van der Waals surface area contributed by atoms with Gasteiger partial charge in [-0.15, -0.1) is 0 Å². The first-order valence-corrected chi connectivity index (χ1v) is 26.6. The van der Waals surface area contributed by atoms with Crippen LogP contribution in [0.3, 0.4) is 0 Å². The van der Waals surface area contributed by atoms with Gasteiger partial charge in [-0.2, -0.15) is 0 Å². The van der Waals surface area contributed by atoms with E-state index in [1.165, 1.54) is 63.5 Å². The summed E-state index contributed by atoms with van der Waals surface area (Å²) < 4.78 is 52.0. The van der Waals surface area contributed by atoms with Crippen molar-refractivity contribution in [2.75, 3.05) is 13.2 Å². The minimum Gasteiger partial charge on any atom is -0.462 e. The number of aliphatic hydroxyl groups excluding tert-OH is 5. The molecule has 0 spiro atoms. The maximum Gasteiger partial charge on any atom is 0.472 e. The highest BCUT2D eigenvalue weighted by atomic mass is 31.2. The molecule has 0 radical (unpaired) electrons. The molecule has 0 saturated heterocycles. The van der Waals surface area contributed by atoms with E-state index in [1.54, 1.807) is 12.2 Å². The van der Waals surface area contributed by atoms with Crippen molar-refractivity contribution in [3.63, 3.8) is 0 Å². The summed E-state index contributed by atoms with van der Waals surface area (Å²) in [6.45, 7) is 2.60. The third-order valence-electron chi connectivity index (χ3n) is 11.5. The van der Waals surface area contributed by atoms with Crippen molar-refractivity contribution >= 4 is 33.4 Å². The van der Waals surface area contributed by atoms with E-state index in [9.17, 15) is 63.7 Å². The number of allylic oxidation sites excluding steroid dienone is 3. The van der Waals surface area contributed by atoms with Gasteiger partial charge < -0.3 is 49.7 Å². The van der Waals surface area contributed by atoms with Crippen LogP contribution >= 0.6 is 15.6 Å². The summed E-state index contributed by atoms with van der Waals surface area (Å²) in [4.78, 5) is 70.2. The van der Waals surface area contributed by atoms with Crippen molar-refractivity contribution in [1.29, 1.82) is 0 Å². The second-order valence-corrected chi connectivity index (χ2v) is 19.7. The summed E-state index contributed by atoms with van der Waals surface area (Å²) in [6.07, 6.45) is 7.97. The molecule has 65 heavy (non-hydrogen) atoms. The van der Waals surface area contributed by atoms with Crippen LogP contribution in [0.4, 0.5) is 0 Å². The predicted octanol–water partition coefficient (Wildman–Crippen LogP) is 6.35. The van der Waals surface area contributed by atoms with Crippen LogP contribution in [0, 0.1) is 11.8 Å². The number of fused-ring (bicyclic) bond motifs is 4. The lowest BCUT2D eigenvalue weighted by molar-refractivity contribution is -0.163. The number of hydrogen-bond donors (Lipinski definition) is 8. The van der Waals surface area contributed by atoms with E-state index in [1.807, 2.05) is 6.92 Å². The molecule has 0 aromatic heterocycles. The van der Waals surface area contributed by atoms with Crippen LogP contribution in [0.1, 0.15) is 155 Å². The molecule has 0 fully saturated rings. The molecule has 18 nitrogen and oxygen atoms in total. The number of carbonyl (C=O) groups is 3. The van der Waals surface area contributed by atoms with E-state index in [2.05, 4.69) is 6.92 Å². The first kappa shape index (κ1) is 59.0. The number of ketones is 1. The second kappa shape index (κ2) is 32.6. The zero-order valence-corrected chi connectivity index (χ0v) is 40.1. The number of esters is 2.